The molecule has 24 heavy (non-hydrogen) atoms. The van der Waals surface area contributed by atoms with E-state index in [0.29, 0.717) is 26.1 Å². The summed E-state index contributed by atoms with van der Waals surface area (Å²) in [6.07, 6.45) is 0.596. The highest BCUT2D eigenvalue weighted by atomic mass is 32.2. The van der Waals surface area contributed by atoms with Crippen LogP contribution < -0.4 is 10.0 Å². The van der Waals surface area contributed by atoms with Crippen LogP contribution in [-0.2, 0) is 19.6 Å². The Kier molecular flexibility index (Phi) is 5.31. The molecule has 9 nitrogen and oxygen atoms in total. The van der Waals surface area contributed by atoms with Crippen LogP contribution in [-0.4, -0.2) is 52.2 Å². The van der Waals surface area contributed by atoms with Crippen LogP contribution in [0.3, 0.4) is 0 Å². The van der Waals surface area contributed by atoms with E-state index in [2.05, 4.69) is 10.0 Å². The van der Waals surface area contributed by atoms with E-state index in [-0.39, 0.29) is 23.0 Å². The highest BCUT2D eigenvalue weighted by Gasteiger charge is 2.40. The minimum Gasteiger partial charge on any atom is -0.481 e. The van der Waals surface area contributed by atoms with Gasteiger partial charge in [-0.05, 0) is 26.8 Å². The monoisotopic (exact) mass is 360 g/mol. The van der Waals surface area contributed by atoms with Crippen LogP contribution in [0.2, 0.25) is 0 Å². The van der Waals surface area contributed by atoms with E-state index < -0.39 is 27.3 Å². The topological polar surface area (TPSA) is 135 Å². The Morgan fingerprint density at radius 2 is 1.96 bits per heavy atom. The van der Waals surface area contributed by atoms with Gasteiger partial charge in [0.05, 0.1) is 11.0 Å². The summed E-state index contributed by atoms with van der Waals surface area (Å²) in [6, 6.07) is 1.12. The number of carbonyl (C=O) groups excluding carboxylic acids is 1. The summed E-state index contributed by atoms with van der Waals surface area (Å²) < 4.78 is 35.8. The van der Waals surface area contributed by atoms with Crippen molar-refractivity contribution in [1.82, 2.24) is 10.0 Å². The number of hydrogen-bond donors (Lipinski definition) is 3. The van der Waals surface area contributed by atoms with Crippen LogP contribution in [0.1, 0.15) is 29.0 Å². The lowest BCUT2D eigenvalue weighted by molar-refractivity contribution is -0.154. The van der Waals surface area contributed by atoms with Gasteiger partial charge in [-0.1, -0.05) is 0 Å². The molecule has 0 aliphatic carbocycles. The molecule has 10 heteroatoms. The summed E-state index contributed by atoms with van der Waals surface area (Å²) in [5, 5.41) is 11.7. The molecule has 134 valence electrons. The van der Waals surface area contributed by atoms with E-state index in [9.17, 15) is 23.1 Å². The van der Waals surface area contributed by atoms with Gasteiger partial charge < -0.3 is 19.6 Å². The number of aryl methyl sites for hydroxylation is 1. The van der Waals surface area contributed by atoms with Gasteiger partial charge in [-0.2, -0.15) is 0 Å². The van der Waals surface area contributed by atoms with Crippen molar-refractivity contribution in [3.63, 3.8) is 0 Å². The van der Waals surface area contributed by atoms with Crippen LogP contribution >= 0.6 is 0 Å². The molecule has 1 amide bonds. The maximum absolute atomic E-state index is 12.3. The fourth-order valence-corrected chi connectivity index (χ4v) is 3.20. The van der Waals surface area contributed by atoms with Crippen molar-refractivity contribution in [3.05, 3.63) is 17.4 Å². The molecule has 1 aromatic rings. The lowest BCUT2D eigenvalue weighted by Gasteiger charge is -2.33. The van der Waals surface area contributed by atoms with Crippen LogP contribution in [0, 0.1) is 12.3 Å². The van der Waals surface area contributed by atoms with Gasteiger partial charge in [-0.15, -0.1) is 0 Å². The number of carbonyl (C=O) groups is 2. The molecule has 0 radical (unpaired) electrons. The number of amides is 1. The zero-order valence-corrected chi connectivity index (χ0v) is 14.2. The molecule has 1 aliphatic heterocycles. The Morgan fingerprint density at radius 1 is 1.33 bits per heavy atom. The minimum atomic E-state index is -3.80. The van der Waals surface area contributed by atoms with Crippen LogP contribution in [0.5, 0.6) is 0 Å². The molecule has 1 fully saturated rings. The van der Waals surface area contributed by atoms with Gasteiger partial charge in [0.1, 0.15) is 5.76 Å². The fourth-order valence-electron chi connectivity index (χ4n) is 2.49. The zero-order chi connectivity index (χ0) is 18.0. The molecule has 0 bridgehead atoms. The number of carboxylic acids is 1. The first-order valence-corrected chi connectivity index (χ1v) is 8.83. The van der Waals surface area contributed by atoms with E-state index in [1.54, 1.807) is 0 Å². The molecule has 1 saturated heterocycles. The smallest absolute Gasteiger partial charge is 0.311 e. The maximum atomic E-state index is 12.3. The van der Waals surface area contributed by atoms with Crippen molar-refractivity contribution in [2.75, 3.05) is 26.8 Å². The van der Waals surface area contributed by atoms with Crippen LogP contribution in [0.25, 0.3) is 0 Å². The van der Waals surface area contributed by atoms with E-state index >= 15 is 0 Å². The molecule has 0 atom stereocenters. The number of rotatable bonds is 6. The Balaban J connectivity index is 2.14. The number of carboxylic acid groups (broad SMARTS) is 1. The highest BCUT2D eigenvalue weighted by Crippen LogP contribution is 2.30. The zero-order valence-electron chi connectivity index (χ0n) is 13.4. The summed E-state index contributed by atoms with van der Waals surface area (Å²) >= 11 is 0. The molecule has 0 spiro atoms. The van der Waals surface area contributed by atoms with Crippen molar-refractivity contribution in [3.8, 4) is 0 Å². The first kappa shape index (κ1) is 18.4. The predicted molar refractivity (Wildman–Crippen MR) is 82.1 cm³/mol. The number of sulfonamides is 1. The highest BCUT2D eigenvalue weighted by molar-refractivity contribution is 7.89. The van der Waals surface area contributed by atoms with Crippen molar-refractivity contribution in [2.45, 2.75) is 24.9 Å². The molecule has 2 heterocycles. The largest absolute Gasteiger partial charge is 0.481 e. The summed E-state index contributed by atoms with van der Waals surface area (Å²) in [5.74, 6) is -1.44. The fraction of sp³-hybridized carbons (Fsp3) is 0.571. The Labute approximate surface area is 139 Å². The first-order chi connectivity index (χ1) is 11.2. The Bertz CT molecular complexity index is 732. The third-order valence-electron chi connectivity index (χ3n) is 4.16. The van der Waals surface area contributed by atoms with E-state index in [0.717, 1.165) is 6.07 Å². The molecular weight excluding hydrogens is 340 g/mol. The summed E-state index contributed by atoms with van der Waals surface area (Å²) in [7, 11) is -2.57. The Hall–Kier alpha value is -1.91. The van der Waals surface area contributed by atoms with Crippen molar-refractivity contribution in [1.29, 1.82) is 0 Å². The number of furan rings is 1. The quantitative estimate of drug-likeness (QED) is 0.655. The molecule has 3 N–H and O–H groups in total. The van der Waals surface area contributed by atoms with Crippen molar-refractivity contribution < 1.29 is 32.3 Å². The molecular formula is C14H20N2O7S. The summed E-state index contributed by atoms with van der Waals surface area (Å²) in [4.78, 5) is 23.8. The van der Waals surface area contributed by atoms with Gasteiger partial charge in [0.2, 0.25) is 5.09 Å². The average molecular weight is 360 g/mol. The third kappa shape index (κ3) is 3.60. The van der Waals surface area contributed by atoms with Crippen LogP contribution in [0.15, 0.2) is 15.6 Å². The lowest BCUT2D eigenvalue weighted by atomic mass is 9.80. The molecule has 0 unspecified atom stereocenters. The average Bonchev–Trinajstić information content (AvgIpc) is 2.96. The van der Waals surface area contributed by atoms with Gasteiger partial charge >= 0.3 is 5.97 Å². The van der Waals surface area contributed by atoms with E-state index in [1.165, 1.54) is 14.0 Å². The van der Waals surface area contributed by atoms with Gasteiger partial charge in [0.15, 0.2) is 0 Å². The predicted octanol–water partition coefficient (Wildman–Crippen LogP) is 0.107. The van der Waals surface area contributed by atoms with Crippen LogP contribution in [0.4, 0.5) is 0 Å². The van der Waals surface area contributed by atoms with Gasteiger partial charge in [-0.3, -0.25) is 9.59 Å². The molecule has 1 aliphatic rings. The number of nitrogens with one attached hydrogen (secondary N) is 2. The second-order valence-electron chi connectivity index (χ2n) is 5.62. The van der Waals surface area contributed by atoms with Crippen molar-refractivity contribution >= 4 is 21.9 Å². The molecule has 2 rings (SSSR count). The third-order valence-corrected chi connectivity index (χ3v) is 5.43. The molecule has 0 aromatic carbocycles. The van der Waals surface area contributed by atoms with E-state index in [4.69, 9.17) is 9.15 Å². The van der Waals surface area contributed by atoms with Crippen molar-refractivity contribution in [2.24, 2.45) is 5.41 Å². The standard InChI is InChI=1S/C14H20N2O7S/c1-9-10(7-11(23-9)24(20,21)15-2)12(17)16-8-14(13(18)19)3-5-22-6-4-14/h7,15H,3-6,8H2,1-2H3,(H,16,17)(H,18,19). The summed E-state index contributed by atoms with van der Waals surface area (Å²) in [6.45, 7) is 2.03. The molecule has 0 saturated carbocycles. The maximum Gasteiger partial charge on any atom is 0.311 e. The lowest BCUT2D eigenvalue weighted by Crippen LogP contribution is -2.46. The normalized spacial score (nSPS) is 17.4. The Morgan fingerprint density at radius 3 is 2.50 bits per heavy atom. The number of aliphatic carboxylic acids is 1. The first-order valence-electron chi connectivity index (χ1n) is 7.35. The second-order valence-corrected chi connectivity index (χ2v) is 7.44. The molecule has 1 aromatic heterocycles. The minimum absolute atomic E-state index is 0.0522. The van der Waals surface area contributed by atoms with Gasteiger partial charge in [0, 0.05) is 25.8 Å². The number of hydrogen-bond acceptors (Lipinski definition) is 6. The summed E-state index contributed by atoms with van der Waals surface area (Å²) in [5.41, 5.74) is -1.03. The number of ether oxygens (including phenoxy) is 1. The van der Waals surface area contributed by atoms with E-state index in [1.807, 2.05) is 0 Å². The SMILES string of the molecule is CNS(=O)(=O)c1cc(C(=O)NCC2(C(=O)O)CCOCC2)c(C)o1. The van der Waals surface area contributed by atoms with Gasteiger partial charge in [0.25, 0.3) is 15.9 Å². The second kappa shape index (κ2) is 6.91. The van der Waals surface area contributed by atoms with Gasteiger partial charge in [-0.25, -0.2) is 13.1 Å².